The number of hydrogen-bond donors (Lipinski definition) is 1. The Labute approximate surface area is 124 Å². The van der Waals surface area contributed by atoms with Gasteiger partial charge < -0.3 is 5.32 Å². The summed E-state index contributed by atoms with van der Waals surface area (Å²) >= 11 is 0. The molecule has 2 heterocycles. The smallest absolute Gasteiger partial charge is 0.345 e. The van der Waals surface area contributed by atoms with Crippen LogP contribution >= 0.6 is 0 Å². The van der Waals surface area contributed by atoms with Crippen LogP contribution in [0.25, 0.3) is 0 Å². The highest BCUT2D eigenvalue weighted by Crippen LogP contribution is 2.31. The van der Waals surface area contributed by atoms with Crippen LogP contribution in [0.15, 0.2) is 24.5 Å². The lowest BCUT2D eigenvalue weighted by Crippen LogP contribution is -2.27. The second-order valence-electron chi connectivity index (χ2n) is 4.67. The molecule has 2 aromatic heterocycles. The van der Waals surface area contributed by atoms with Crippen LogP contribution in [0.1, 0.15) is 33.1 Å². The molecule has 0 aliphatic rings. The van der Waals surface area contributed by atoms with Gasteiger partial charge in [-0.25, -0.2) is 9.97 Å². The van der Waals surface area contributed by atoms with Crippen LogP contribution in [0.5, 0.6) is 0 Å². The van der Waals surface area contributed by atoms with E-state index in [1.165, 1.54) is 0 Å². The minimum atomic E-state index is -4.62. The van der Waals surface area contributed by atoms with Crippen molar-refractivity contribution in [2.24, 2.45) is 0 Å². The third-order valence-corrected chi connectivity index (χ3v) is 2.81. The molecular weight excluding hydrogens is 297 g/mol. The third-order valence-electron chi connectivity index (χ3n) is 2.81. The van der Waals surface area contributed by atoms with Gasteiger partial charge >= 0.3 is 6.18 Å². The number of rotatable bonds is 3. The van der Waals surface area contributed by atoms with Crippen LogP contribution in [0, 0.1) is 13.8 Å². The number of amides is 1. The summed E-state index contributed by atoms with van der Waals surface area (Å²) in [7, 11) is 0. The fourth-order valence-corrected chi connectivity index (χ4v) is 1.96. The molecule has 22 heavy (non-hydrogen) atoms. The zero-order valence-corrected chi connectivity index (χ0v) is 11.9. The minimum Gasteiger partial charge on any atom is -0.345 e. The molecule has 0 aromatic carbocycles. The van der Waals surface area contributed by atoms with E-state index in [4.69, 9.17) is 0 Å². The van der Waals surface area contributed by atoms with Gasteiger partial charge in [-0.05, 0) is 26.0 Å². The van der Waals surface area contributed by atoms with Gasteiger partial charge in [0.2, 0.25) is 0 Å². The van der Waals surface area contributed by atoms with Gasteiger partial charge in [0.1, 0.15) is 5.82 Å². The fourth-order valence-electron chi connectivity index (χ4n) is 1.96. The number of nitrogens with zero attached hydrogens (tertiary/aromatic N) is 3. The first-order valence-corrected chi connectivity index (χ1v) is 6.38. The number of halogens is 3. The number of aromatic nitrogens is 3. The average Bonchev–Trinajstić information content (AvgIpc) is 2.43. The van der Waals surface area contributed by atoms with E-state index in [1.54, 1.807) is 19.9 Å². The molecule has 0 aliphatic carbocycles. The molecule has 0 spiro atoms. The molecule has 8 heteroatoms. The summed E-state index contributed by atoms with van der Waals surface area (Å²) in [6, 6.07) is 2.52. The molecule has 2 rings (SSSR count). The number of nitrogens with one attached hydrogen (secondary N) is 1. The summed E-state index contributed by atoms with van der Waals surface area (Å²) in [5, 5.41) is 2.38. The number of carbonyl (C=O) groups excluding carboxylic acids is 1. The van der Waals surface area contributed by atoms with Crippen LogP contribution in [0.4, 0.5) is 13.2 Å². The summed E-state index contributed by atoms with van der Waals surface area (Å²) in [5.74, 6) is -0.536. The minimum absolute atomic E-state index is 0.0620. The van der Waals surface area contributed by atoms with E-state index >= 15 is 0 Å². The largest absolute Gasteiger partial charge is 0.417 e. The van der Waals surface area contributed by atoms with Crippen molar-refractivity contribution in [1.29, 1.82) is 0 Å². The zero-order chi connectivity index (χ0) is 16.3. The maximum absolute atomic E-state index is 12.8. The van der Waals surface area contributed by atoms with Gasteiger partial charge in [-0.2, -0.15) is 13.2 Å². The predicted molar refractivity (Wildman–Crippen MR) is 71.9 cm³/mol. The van der Waals surface area contributed by atoms with Gasteiger partial charge in [-0.15, -0.1) is 0 Å². The molecule has 0 saturated heterocycles. The molecule has 0 fully saturated rings. The molecule has 0 unspecified atom stereocenters. The normalized spacial score (nSPS) is 11.3. The highest BCUT2D eigenvalue weighted by Gasteiger charge is 2.35. The molecule has 0 aliphatic heterocycles. The molecule has 2 aromatic rings. The van der Waals surface area contributed by atoms with Crippen molar-refractivity contribution in [2.75, 3.05) is 0 Å². The third kappa shape index (κ3) is 3.78. The Bertz CT molecular complexity index is 680. The maximum Gasteiger partial charge on any atom is 0.417 e. The topological polar surface area (TPSA) is 67.8 Å². The Hall–Kier alpha value is -2.51. The first kappa shape index (κ1) is 15.9. The number of pyridine rings is 1. The fraction of sp³-hybridized carbons (Fsp3) is 0.286. The van der Waals surface area contributed by atoms with Crippen LogP contribution in [-0.4, -0.2) is 20.9 Å². The molecule has 1 amide bonds. The Morgan fingerprint density at radius 1 is 1.23 bits per heavy atom. The molecule has 0 atom stereocenters. The first-order chi connectivity index (χ1) is 10.3. The lowest BCUT2D eigenvalue weighted by atomic mass is 10.1. The maximum atomic E-state index is 12.8. The first-order valence-electron chi connectivity index (χ1n) is 6.38. The summed E-state index contributed by atoms with van der Waals surface area (Å²) in [5.41, 5.74) is -0.121. The zero-order valence-electron chi connectivity index (χ0n) is 11.9. The highest BCUT2D eigenvalue weighted by atomic mass is 19.4. The second kappa shape index (κ2) is 6.08. The molecule has 0 saturated carbocycles. The lowest BCUT2D eigenvalue weighted by molar-refractivity contribution is -0.138. The molecule has 0 radical (unpaired) electrons. The molecule has 5 nitrogen and oxygen atoms in total. The van der Waals surface area contributed by atoms with Crippen LogP contribution in [0.3, 0.4) is 0 Å². The van der Waals surface area contributed by atoms with Crippen molar-refractivity contribution in [2.45, 2.75) is 26.6 Å². The number of carbonyl (C=O) groups is 1. The molecule has 116 valence electrons. The summed E-state index contributed by atoms with van der Waals surface area (Å²) in [4.78, 5) is 23.7. The molecule has 0 bridgehead atoms. The van der Waals surface area contributed by atoms with E-state index in [-0.39, 0.29) is 6.54 Å². The molecular formula is C14H13F3N4O. The summed E-state index contributed by atoms with van der Waals surface area (Å²) in [6.07, 6.45) is -2.74. The van der Waals surface area contributed by atoms with Gasteiger partial charge in [0.25, 0.3) is 5.91 Å². The average molecular weight is 310 g/mol. The van der Waals surface area contributed by atoms with E-state index < -0.39 is 23.2 Å². The Morgan fingerprint density at radius 3 is 2.45 bits per heavy atom. The number of hydrogen-bond acceptors (Lipinski definition) is 4. The van der Waals surface area contributed by atoms with E-state index in [9.17, 15) is 18.0 Å². The lowest BCUT2D eigenvalue weighted by Gasteiger charge is -2.12. The van der Waals surface area contributed by atoms with Gasteiger partial charge in [0.15, 0.2) is 0 Å². The highest BCUT2D eigenvalue weighted by molar-refractivity contribution is 5.95. The van der Waals surface area contributed by atoms with E-state index in [2.05, 4.69) is 20.3 Å². The number of alkyl halides is 3. The van der Waals surface area contributed by atoms with Crippen LogP contribution in [0.2, 0.25) is 0 Å². The number of aryl methyl sites for hydroxylation is 2. The van der Waals surface area contributed by atoms with Crippen LogP contribution in [-0.2, 0) is 12.7 Å². The summed E-state index contributed by atoms with van der Waals surface area (Å²) < 4.78 is 38.5. The van der Waals surface area contributed by atoms with Gasteiger partial charge in [-0.3, -0.25) is 9.78 Å². The van der Waals surface area contributed by atoms with Crippen molar-refractivity contribution < 1.29 is 18.0 Å². The SMILES string of the molecule is Cc1cc(C)nc(CNC(=O)c2cnccc2C(F)(F)F)n1. The predicted octanol–water partition coefficient (Wildman–Crippen LogP) is 2.44. The van der Waals surface area contributed by atoms with E-state index in [0.717, 1.165) is 18.5 Å². The Balaban J connectivity index is 2.17. The van der Waals surface area contributed by atoms with Gasteiger partial charge in [0.05, 0.1) is 17.7 Å². The van der Waals surface area contributed by atoms with Crippen molar-refractivity contribution in [3.05, 3.63) is 52.9 Å². The quantitative estimate of drug-likeness (QED) is 0.945. The van der Waals surface area contributed by atoms with E-state index in [1.807, 2.05) is 0 Å². The van der Waals surface area contributed by atoms with Crippen molar-refractivity contribution >= 4 is 5.91 Å². The molecule has 1 N–H and O–H groups in total. The van der Waals surface area contributed by atoms with Crippen LogP contribution < -0.4 is 5.32 Å². The standard InChI is InChI=1S/C14H13F3N4O/c1-8-5-9(2)21-12(20-8)7-19-13(22)10-6-18-4-3-11(10)14(15,16)17/h3-6H,7H2,1-2H3,(H,19,22). The Morgan fingerprint density at radius 2 is 1.86 bits per heavy atom. The van der Waals surface area contributed by atoms with Crippen molar-refractivity contribution in [3.8, 4) is 0 Å². The Kier molecular flexibility index (Phi) is 4.39. The van der Waals surface area contributed by atoms with Gasteiger partial charge in [-0.1, -0.05) is 0 Å². The van der Waals surface area contributed by atoms with E-state index in [0.29, 0.717) is 17.2 Å². The summed E-state index contributed by atoms with van der Waals surface area (Å²) in [6.45, 7) is 3.47. The van der Waals surface area contributed by atoms with Gasteiger partial charge in [0, 0.05) is 23.8 Å². The monoisotopic (exact) mass is 310 g/mol. The van der Waals surface area contributed by atoms with Crippen molar-refractivity contribution in [3.63, 3.8) is 0 Å². The second-order valence-corrected chi connectivity index (χ2v) is 4.67. The van der Waals surface area contributed by atoms with Crippen molar-refractivity contribution in [1.82, 2.24) is 20.3 Å².